The van der Waals surface area contributed by atoms with Crippen LogP contribution in [0.1, 0.15) is 43.5 Å². The van der Waals surface area contributed by atoms with Crippen LogP contribution in [0.2, 0.25) is 0 Å². The predicted octanol–water partition coefficient (Wildman–Crippen LogP) is 1.94. The van der Waals surface area contributed by atoms with Crippen LogP contribution in [0.3, 0.4) is 0 Å². The van der Waals surface area contributed by atoms with Crippen LogP contribution in [-0.4, -0.2) is 27.4 Å². The van der Waals surface area contributed by atoms with Gasteiger partial charge in [0.2, 0.25) is 0 Å². The molecule has 0 unspecified atom stereocenters. The zero-order valence-electron chi connectivity index (χ0n) is 12.5. The van der Waals surface area contributed by atoms with E-state index in [0.29, 0.717) is 12.8 Å². The topological polar surface area (TPSA) is 136 Å². The molecule has 0 radical (unpaired) electrons. The number of amides is 1. The Kier molecular flexibility index (Phi) is 5.44. The number of nitrogens with two attached hydrogens (primary N) is 1. The van der Waals surface area contributed by atoms with Crippen LogP contribution >= 0.6 is 0 Å². The largest absolute Gasteiger partial charge is 0.481 e. The molecular formula is C14H19N3O5. The summed E-state index contributed by atoms with van der Waals surface area (Å²) in [7, 11) is 0. The molecule has 4 N–H and O–H groups in total. The van der Waals surface area contributed by atoms with Gasteiger partial charge in [-0.25, -0.2) is 0 Å². The van der Waals surface area contributed by atoms with Crippen molar-refractivity contribution < 1.29 is 19.6 Å². The van der Waals surface area contributed by atoms with Crippen molar-refractivity contribution in [3.05, 3.63) is 33.9 Å². The second-order valence-electron chi connectivity index (χ2n) is 5.01. The number of carboxylic acids is 1. The number of carbonyl (C=O) groups excluding carboxylic acids is 1. The molecule has 0 aliphatic rings. The molecule has 120 valence electrons. The van der Waals surface area contributed by atoms with Gasteiger partial charge in [0.15, 0.2) is 0 Å². The van der Waals surface area contributed by atoms with E-state index >= 15 is 0 Å². The van der Waals surface area contributed by atoms with E-state index in [4.69, 9.17) is 10.8 Å². The number of nitrogen functional groups attached to an aromatic ring is 1. The maximum absolute atomic E-state index is 12.3. The third-order valence-corrected chi connectivity index (χ3v) is 3.75. The molecule has 0 fully saturated rings. The summed E-state index contributed by atoms with van der Waals surface area (Å²) < 4.78 is 0. The number of aliphatic carboxylic acids is 1. The molecule has 0 atom stereocenters. The number of benzene rings is 1. The fourth-order valence-electron chi connectivity index (χ4n) is 2.23. The number of hydrogen-bond acceptors (Lipinski definition) is 5. The summed E-state index contributed by atoms with van der Waals surface area (Å²) in [5, 5.41) is 22.5. The molecule has 0 saturated carbocycles. The van der Waals surface area contributed by atoms with E-state index in [2.05, 4.69) is 5.32 Å². The molecule has 0 bridgehead atoms. The molecule has 1 amide bonds. The molecule has 8 nitrogen and oxygen atoms in total. The third kappa shape index (κ3) is 3.72. The molecule has 22 heavy (non-hydrogen) atoms. The number of carboxylic acid groups (broad SMARTS) is 1. The van der Waals surface area contributed by atoms with Crippen LogP contribution in [-0.2, 0) is 4.79 Å². The predicted molar refractivity (Wildman–Crippen MR) is 80.5 cm³/mol. The molecule has 0 aliphatic carbocycles. The zero-order valence-corrected chi connectivity index (χ0v) is 12.5. The summed E-state index contributed by atoms with van der Waals surface area (Å²) in [6, 6.07) is 3.94. The van der Waals surface area contributed by atoms with Gasteiger partial charge in [0.25, 0.3) is 11.6 Å². The Morgan fingerprint density at radius 2 is 1.95 bits per heavy atom. The first-order chi connectivity index (χ1) is 10.3. The van der Waals surface area contributed by atoms with Crippen molar-refractivity contribution in [3.8, 4) is 0 Å². The first-order valence-corrected chi connectivity index (χ1v) is 6.83. The number of nitrogens with zero attached hydrogens (tertiary/aromatic N) is 1. The maximum Gasteiger partial charge on any atom is 0.305 e. The highest BCUT2D eigenvalue weighted by molar-refractivity contribution is 6.01. The standard InChI is InChI=1S/C14H19N3O5/c1-3-14(4-2,8-11(18)19)16-13(20)9-6-5-7-10(12(9)15)17(21)22/h5-7H,3-4,8,15H2,1-2H3,(H,16,20)(H,18,19). The third-order valence-electron chi connectivity index (χ3n) is 3.75. The Morgan fingerprint density at radius 1 is 1.36 bits per heavy atom. The number of nitro groups is 1. The number of nitro benzene ring substituents is 1. The maximum atomic E-state index is 12.3. The van der Waals surface area contributed by atoms with Crippen LogP contribution in [0.15, 0.2) is 18.2 Å². The van der Waals surface area contributed by atoms with Crippen molar-refractivity contribution in [3.63, 3.8) is 0 Å². The lowest BCUT2D eigenvalue weighted by atomic mass is 9.88. The van der Waals surface area contributed by atoms with Crippen molar-refractivity contribution >= 4 is 23.3 Å². The summed E-state index contributed by atoms with van der Waals surface area (Å²) in [5.74, 6) is -1.65. The Labute approximate surface area is 127 Å². The van der Waals surface area contributed by atoms with Crippen molar-refractivity contribution in [2.24, 2.45) is 0 Å². The van der Waals surface area contributed by atoms with Gasteiger partial charge in [0.05, 0.1) is 22.4 Å². The van der Waals surface area contributed by atoms with Gasteiger partial charge in [0.1, 0.15) is 5.69 Å². The first-order valence-electron chi connectivity index (χ1n) is 6.83. The van der Waals surface area contributed by atoms with E-state index in [1.807, 2.05) is 0 Å². The fourth-order valence-corrected chi connectivity index (χ4v) is 2.23. The highest BCUT2D eigenvalue weighted by Gasteiger charge is 2.32. The quantitative estimate of drug-likeness (QED) is 0.400. The van der Waals surface area contributed by atoms with Crippen LogP contribution in [0, 0.1) is 10.1 Å². The van der Waals surface area contributed by atoms with Crippen LogP contribution in [0.5, 0.6) is 0 Å². The molecule has 0 saturated heterocycles. The molecule has 1 rings (SSSR count). The number of anilines is 1. The summed E-state index contributed by atoms with van der Waals surface area (Å²) >= 11 is 0. The minimum atomic E-state index is -1.03. The van der Waals surface area contributed by atoms with E-state index in [0.717, 1.165) is 0 Å². The lowest BCUT2D eigenvalue weighted by molar-refractivity contribution is -0.383. The van der Waals surface area contributed by atoms with Crippen molar-refractivity contribution in [1.82, 2.24) is 5.32 Å². The molecule has 1 aromatic carbocycles. The molecular weight excluding hydrogens is 290 g/mol. The van der Waals surface area contributed by atoms with Gasteiger partial charge in [-0.1, -0.05) is 19.9 Å². The van der Waals surface area contributed by atoms with E-state index in [-0.39, 0.29) is 23.4 Å². The minimum absolute atomic E-state index is 0.0362. The SMILES string of the molecule is CCC(CC)(CC(=O)O)NC(=O)c1cccc([N+](=O)[O-])c1N. The molecule has 0 heterocycles. The Hall–Kier alpha value is -2.64. The lowest BCUT2D eigenvalue weighted by Crippen LogP contribution is -2.49. The van der Waals surface area contributed by atoms with E-state index < -0.39 is 22.3 Å². The van der Waals surface area contributed by atoms with Gasteiger partial charge in [-0.2, -0.15) is 0 Å². The number of rotatable bonds is 7. The van der Waals surface area contributed by atoms with E-state index in [9.17, 15) is 19.7 Å². The van der Waals surface area contributed by atoms with Gasteiger partial charge < -0.3 is 16.2 Å². The smallest absolute Gasteiger partial charge is 0.305 e. The summed E-state index contributed by atoms with van der Waals surface area (Å²) in [4.78, 5) is 33.5. The second-order valence-corrected chi connectivity index (χ2v) is 5.01. The molecule has 8 heteroatoms. The average molecular weight is 309 g/mol. The monoisotopic (exact) mass is 309 g/mol. The number of hydrogen-bond donors (Lipinski definition) is 3. The number of nitrogens with one attached hydrogen (secondary N) is 1. The molecule has 1 aromatic rings. The fraction of sp³-hybridized carbons (Fsp3) is 0.429. The molecule has 0 spiro atoms. The second kappa shape index (κ2) is 6.88. The van der Waals surface area contributed by atoms with Crippen LogP contribution in [0.25, 0.3) is 0 Å². The van der Waals surface area contributed by atoms with Gasteiger partial charge in [0, 0.05) is 6.07 Å². The van der Waals surface area contributed by atoms with Gasteiger partial charge in [-0.15, -0.1) is 0 Å². The van der Waals surface area contributed by atoms with Crippen molar-refractivity contribution in [2.45, 2.75) is 38.6 Å². The van der Waals surface area contributed by atoms with Crippen molar-refractivity contribution in [1.29, 1.82) is 0 Å². The number of carbonyl (C=O) groups is 2. The summed E-state index contributed by atoms with van der Waals surface area (Å²) in [6.07, 6.45) is 0.591. The number of para-hydroxylation sites is 1. The van der Waals surface area contributed by atoms with Gasteiger partial charge >= 0.3 is 5.97 Å². The summed E-state index contributed by atoms with van der Waals surface area (Å²) in [5.41, 5.74) is 4.12. The first kappa shape index (κ1) is 17.4. The molecule has 0 aliphatic heterocycles. The van der Waals surface area contributed by atoms with Crippen LogP contribution < -0.4 is 11.1 Å². The van der Waals surface area contributed by atoms with E-state index in [1.165, 1.54) is 18.2 Å². The Morgan fingerprint density at radius 3 is 2.41 bits per heavy atom. The normalized spacial score (nSPS) is 11.0. The van der Waals surface area contributed by atoms with Gasteiger partial charge in [-0.05, 0) is 18.9 Å². The Bertz CT molecular complexity index is 596. The molecule has 0 aromatic heterocycles. The van der Waals surface area contributed by atoms with E-state index in [1.54, 1.807) is 13.8 Å². The zero-order chi connectivity index (χ0) is 16.9. The minimum Gasteiger partial charge on any atom is -0.481 e. The lowest BCUT2D eigenvalue weighted by Gasteiger charge is -2.31. The van der Waals surface area contributed by atoms with Gasteiger partial charge in [-0.3, -0.25) is 19.7 Å². The van der Waals surface area contributed by atoms with Crippen molar-refractivity contribution in [2.75, 3.05) is 5.73 Å². The average Bonchev–Trinajstić information content (AvgIpc) is 2.45. The Balaban J connectivity index is 3.13. The van der Waals surface area contributed by atoms with Crippen LogP contribution in [0.4, 0.5) is 11.4 Å². The summed E-state index contributed by atoms with van der Waals surface area (Å²) in [6.45, 7) is 3.53. The highest BCUT2D eigenvalue weighted by atomic mass is 16.6. The highest BCUT2D eigenvalue weighted by Crippen LogP contribution is 2.26.